The van der Waals surface area contributed by atoms with Gasteiger partial charge in [-0.05, 0) is 37.6 Å². The van der Waals surface area contributed by atoms with E-state index in [1.807, 2.05) is 42.7 Å². The highest BCUT2D eigenvalue weighted by atomic mass is 35.5. The van der Waals surface area contributed by atoms with Crippen LogP contribution in [-0.4, -0.2) is 46.2 Å². The minimum atomic E-state index is -0.00585. The lowest BCUT2D eigenvalue weighted by molar-refractivity contribution is -0.119. The van der Waals surface area contributed by atoms with Crippen molar-refractivity contribution >= 4 is 29.3 Å². The number of ether oxygens (including phenoxy) is 1. The first-order valence-corrected chi connectivity index (χ1v) is 9.51. The van der Waals surface area contributed by atoms with Gasteiger partial charge in [0, 0.05) is 23.7 Å². The van der Waals surface area contributed by atoms with Gasteiger partial charge in [-0.1, -0.05) is 30.3 Å². The van der Waals surface area contributed by atoms with Crippen molar-refractivity contribution < 1.29 is 9.53 Å². The standard InChI is InChI=1S/C17H23ClN4O2S/c1-4-12(2)19-15(23)11-25-17-21-20-16(22(17)9-10-24-3)13-5-7-14(18)8-6-13/h5-8,12H,4,9-11H2,1-3H3,(H,19,23)/t12-/m0/s1. The molecule has 0 fully saturated rings. The first-order chi connectivity index (χ1) is 12.0. The fourth-order valence-corrected chi connectivity index (χ4v) is 3.04. The van der Waals surface area contributed by atoms with Crippen molar-refractivity contribution in [3.8, 4) is 11.4 Å². The first-order valence-electron chi connectivity index (χ1n) is 8.15. The Morgan fingerprint density at radius 2 is 2.08 bits per heavy atom. The molecule has 25 heavy (non-hydrogen) atoms. The normalized spacial score (nSPS) is 12.2. The molecule has 0 aliphatic heterocycles. The van der Waals surface area contributed by atoms with Crippen LogP contribution in [0.3, 0.4) is 0 Å². The highest BCUT2D eigenvalue weighted by Crippen LogP contribution is 2.25. The Morgan fingerprint density at radius 1 is 1.36 bits per heavy atom. The largest absolute Gasteiger partial charge is 0.383 e. The molecule has 136 valence electrons. The lowest BCUT2D eigenvalue weighted by Crippen LogP contribution is -2.33. The number of rotatable bonds is 9. The molecule has 0 aliphatic rings. The predicted octanol–water partition coefficient (Wildman–Crippen LogP) is 3.25. The molecule has 0 aliphatic carbocycles. The summed E-state index contributed by atoms with van der Waals surface area (Å²) in [6.07, 6.45) is 0.904. The number of thioether (sulfide) groups is 1. The summed E-state index contributed by atoms with van der Waals surface area (Å²) < 4.78 is 7.15. The minimum Gasteiger partial charge on any atom is -0.383 e. The molecule has 0 spiro atoms. The smallest absolute Gasteiger partial charge is 0.230 e. The van der Waals surface area contributed by atoms with Gasteiger partial charge in [0.2, 0.25) is 5.91 Å². The van der Waals surface area contributed by atoms with Crippen LogP contribution < -0.4 is 5.32 Å². The summed E-state index contributed by atoms with van der Waals surface area (Å²) in [5.74, 6) is 1.03. The predicted molar refractivity (Wildman–Crippen MR) is 101 cm³/mol. The molecule has 0 bridgehead atoms. The zero-order chi connectivity index (χ0) is 18.2. The number of carbonyl (C=O) groups excluding carboxylic acids is 1. The van der Waals surface area contributed by atoms with E-state index in [9.17, 15) is 4.79 Å². The summed E-state index contributed by atoms with van der Waals surface area (Å²) >= 11 is 7.33. The van der Waals surface area contributed by atoms with Crippen LogP contribution in [0.2, 0.25) is 5.02 Å². The molecule has 6 nitrogen and oxygen atoms in total. The van der Waals surface area contributed by atoms with E-state index in [-0.39, 0.29) is 11.9 Å². The molecule has 1 atom stereocenters. The minimum absolute atomic E-state index is 0.00585. The summed E-state index contributed by atoms with van der Waals surface area (Å²) in [5.41, 5.74) is 0.920. The quantitative estimate of drug-likeness (QED) is 0.674. The topological polar surface area (TPSA) is 69.0 Å². The number of nitrogens with one attached hydrogen (secondary N) is 1. The van der Waals surface area contributed by atoms with Gasteiger partial charge in [-0.25, -0.2) is 0 Å². The van der Waals surface area contributed by atoms with E-state index in [1.165, 1.54) is 11.8 Å². The van der Waals surface area contributed by atoms with Gasteiger partial charge >= 0.3 is 0 Å². The number of aromatic nitrogens is 3. The number of amides is 1. The zero-order valence-electron chi connectivity index (χ0n) is 14.7. The number of benzene rings is 1. The number of hydrogen-bond donors (Lipinski definition) is 1. The van der Waals surface area contributed by atoms with Gasteiger partial charge in [-0.2, -0.15) is 0 Å². The van der Waals surface area contributed by atoms with Crippen molar-refractivity contribution in [3.05, 3.63) is 29.3 Å². The number of nitrogens with zero attached hydrogens (tertiary/aromatic N) is 3. The monoisotopic (exact) mass is 382 g/mol. The van der Waals surface area contributed by atoms with Gasteiger partial charge in [0.25, 0.3) is 0 Å². The lowest BCUT2D eigenvalue weighted by Gasteiger charge is -2.12. The maximum Gasteiger partial charge on any atom is 0.230 e. The Hall–Kier alpha value is -1.57. The van der Waals surface area contributed by atoms with Gasteiger partial charge < -0.3 is 10.1 Å². The summed E-state index contributed by atoms with van der Waals surface area (Å²) in [7, 11) is 1.65. The van der Waals surface area contributed by atoms with Crippen LogP contribution >= 0.6 is 23.4 Å². The molecule has 2 rings (SSSR count). The number of methoxy groups -OCH3 is 1. The third kappa shape index (κ3) is 5.73. The average molecular weight is 383 g/mol. The Bertz CT molecular complexity index is 690. The molecule has 1 N–H and O–H groups in total. The van der Waals surface area contributed by atoms with Gasteiger partial charge in [0.15, 0.2) is 11.0 Å². The summed E-state index contributed by atoms with van der Waals surface area (Å²) in [5, 5.41) is 12.8. The molecule has 0 unspecified atom stereocenters. The lowest BCUT2D eigenvalue weighted by atomic mass is 10.2. The van der Waals surface area contributed by atoms with E-state index in [0.717, 1.165) is 17.8 Å². The van der Waals surface area contributed by atoms with E-state index in [0.29, 0.717) is 29.1 Å². The third-order valence-corrected chi connectivity index (χ3v) is 4.91. The molecule has 1 aromatic heterocycles. The van der Waals surface area contributed by atoms with Crippen LogP contribution in [0.25, 0.3) is 11.4 Å². The third-order valence-electron chi connectivity index (χ3n) is 3.69. The fourth-order valence-electron chi connectivity index (χ4n) is 2.14. The van der Waals surface area contributed by atoms with Crippen LogP contribution in [-0.2, 0) is 16.1 Å². The number of hydrogen-bond acceptors (Lipinski definition) is 5. The summed E-state index contributed by atoms with van der Waals surface area (Å²) in [6, 6.07) is 7.61. The molecule has 1 amide bonds. The number of carbonyl (C=O) groups is 1. The van der Waals surface area contributed by atoms with E-state index in [1.54, 1.807) is 7.11 Å². The van der Waals surface area contributed by atoms with E-state index in [2.05, 4.69) is 15.5 Å². The van der Waals surface area contributed by atoms with Gasteiger partial charge in [-0.3, -0.25) is 9.36 Å². The highest BCUT2D eigenvalue weighted by Gasteiger charge is 2.16. The van der Waals surface area contributed by atoms with Crippen LogP contribution in [0.5, 0.6) is 0 Å². The van der Waals surface area contributed by atoms with E-state index < -0.39 is 0 Å². The second-order valence-electron chi connectivity index (χ2n) is 5.62. The molecule has 0 saturated carbocycles. The highest BCUT2D eigenvalue weighted by molar-refractivity contribution is 7.99. The van der Waals surface area contributed by atoms with Crippen LogP contribution in [0, 0.1) is 0 Å². The van der Waals surface area contributed by atoms with Crippen molar-refractivity contribution in [1.82, 2.24) is 20.1 Å². The Kier molecular flexibility index (Phi) is 7.74. The van der Waals surface area contributed by atoms with E-state index in [4.69, 9.17) is 16.3 Å². The average Bonchev–Trinajstić information content (AvgIpc) is 3.01. The molecule has 1 heterocycles. The molecule has 2 aromatic rings. The van der Waals surface area contributed by atoms with Crippen LogP contribution in [0.15, 0.2) is 29.4 Å². The number of halogens is 1. The Morgan fingerprint density at radius 3 is 2.72 bits per heavy atom. The SMILES string of the molecule is CC[C@H](C)NC(=O)CSc1nnc(-c2ccc(Cl)cc2)n1CCOC. The van der Waals surface area contributed by atoms with Crippen molar-refractivity contribution in [3.63, 3.8) is 0 Å². The van der Waals surface area contributed by atoms with Crippen molar-refractivity contribution in [1.29, 1.82) is 0 Å². The van der Waals surface area contributed by atoms with Crippen molar-refractivity contribution in [2.45, 2.75) is 38.0 Å². The maximum absolute atomic E-state index is 12.0. The van der Waals surface area contributed by atoms with Gasteiger partial charge in [0.1, 0.15) is 0 Å². The first kappa shape index (κ1) is 19.8. The Balaban J connectivity index is 2.14. The summed E-state index contributed by atoms with van der Waals surface area (Å²) in [4.78, 5) is 12.0. The van der Waals surface area contributed by atoms with Crippen LogP contribution in [0.1, 0.15) is 20.3 Å². The van der Waals surface area contributed by atoms with Gasteiger partial charge in [-0.15, -0.1) is 10.2 Å². The van der Waals surface area contributed by atoms with Crippen molar-refractivity contribution in [2.24, 2.45) is 0 Å². The second kappa shape index (κ2) is 9.79. The fraction of sp³-hybridized carbons (Fsp3) is 0.471. The van der Waals surface area contributed by atoms with E-state index >= 15 is 0 Å². The molecule has 0 radical (unpaired) electrons. The Labute approximate surface area is 157 Å². The molecular weight excluding hydrogens is 360 g/mol. The second-order valence-corrected chi connectivity index (χ2v) is 7.00. The molecule has 8 heteroatoms. The summed E-state index contributed by atoms with van der Waals surface area (Å²) in [6.45, 7) is 5.17. The maximum atomic E-state index is 12.0. The molecule has 1 aromatic carbocycles. The van der Waals surface area contributed by atoms with Crippen LogP contribution in [0.4, 0.5) is 0 Å². The van der Waals surface area contributed by atoms with Crippen molar-refractivity contribution in [2.75, 3.05) is 19.5 Å². The van der Waals surface area contributed by atoms with Gasteiger partial charge in [0.05, 0.1) is 18.9 Å². The molecular formula is C17H23ClN4O2S. The molecule has 0 saturated heterocycles. The zero-order valence-corrected chi connectivity index (χ0v) is 16.2.